The normalized spacial score (nSPS) is 19.5. The summed E-state index contributed by atoms with van der Waals surface area (Å²) in [5, 5.41) is 4.30. The van der Waals surface area contributed by atoms with Gasteiger partial charge >= 0.3 is 0 Å². The van der Waals surface area contributed by atoms with Crippen LogP contribution in [0.25, 0.3) is 0 Å². The average molecular weight is 250 g/mol. The van der Waals surface area contributed by atoms with E-state index in [0.717, 1.165) is 12.6 Å². The van der Waals surface area contributed by atoms with Gasteiger partial charge in [-0.1, -0.05) is 13.8 Å². The summed E-state index contributed by atoms with van der Waals surface area (Å²) in [5.41, 5.74) is 7.49. The van der Waals surface area contributed by atoms with Gasteiger partial charge in [-0.25, -0.2) is 0 Å². The Balaban J connectivity index is 2.21. The molecule has 2 atom stereocenters. The Morgan fingerprint density at radius 3 is 2.50 bits per heavy atom. The average Bonchev–Trinajstić information content (AvgIpc) is 3.01. The first-order chi connectivity index (χ1) is 8.49. The Morgan fingerprint density at radius 1 is 1.44 bits per heavy atom. The van der Waals surface area contributed by atoms with Crippen LogP contribution < -0.4 is 5.73 Å². The zero-order valence-corrected chi connectivity index (χ0v) is 12.0. The number of nitrogens with two attached hydrogens (primary N) is 1. The Labute approximate surface area is 110 Å². The van der Waals surface area contributed by atoms with Crippen molar-refractivity contribution in [3.8, 4) is 0 Å². The second-order valence-electron chi connectivity index (χ2n) is 6.07. The zero-order chi connectivity index (χ0) is 13.3. The summed E-state index contributed by atoms with van der Waals surface area (Å²) in [6.07, 6.45) is 6.69. The van der Waals surface area contributed by atoms with E-state index >= 15 is 0 Å². The Morgan fingerprint density at radius 2 is 2.11 bits per heavy atom. The van der Waals surface area contributed by atoms with Gasteiger partial charge in [0.2, 0.25) is 0 Å². The highest BCUT2D eigenvalue weighted by molar-refractivity contribution is 5.14. The Hall–Kier alpha value is -0.870. The maximum absolute atomic E-state index is 6.24. The van der Waals surface area contributed by atoms with Gasteiger partial charge in [0.15, 0.2) is 0 Å². The molecule has 1 aromatic rings. The number of aromatic nitrogens is 2. The fraction of sp³-hybridized carbons (Fsp3) is 0.786. The van der Waals surface area contributed by atoms with Crippen LogP contribution >= 0.6 is 0 Å². The monoisotopic (exact) mass is 250 g/mol. The lowest BCUT2D eigenvalue weighted by Gasteiger charge is -2.35. The van der Waals surface area contributed by atoms with Crippen molar-refractivity contribution in [3.63, 3.8) is 0 Å². The lowest BCUT2D eigenvalue weighted by molar-refractivity contribution is 0.147. The molecule has 0 aliphatic heterocycles. The smallest absolute Gasteiger partial charge is 0.0538 e. The highest BCUT2D eigenvalue weighted by Gasteiger charge is 2.36. The topological polar surface area (TPSA) is 47.1 Å². The van der Waals surface area contributed by atoms with Crippen LogP contribution in [-0.2, 0) is 7.05 Å². The van der Waals surface area contributed by atoms with Crippen molar-refractivity contribution in [1.82, 2.24) is 14.7 Å². The fourth-order valence-electron chi connectivity index (χ4n) is 2.71. The quantitative estimate of drug-likeness (QED) is 0.839. The van der Waals surface area contributed by atoms with Gasteiger partial charge in [0.05, 0.1) is 12.2 Å². The maximum Gasteiger partial charge on any atom is 0.0538 e. The highest BCUT2D eigenvalue weighted by Crippen LogP contribution is 2.36. The van der Waals surface area contributed by atoms with Crippen molar-refractivity contribution in [3.05, 3.63) is 18.0 Å². The van der Waals surface area contributed by atoms with E-state index < -0.39 is 0 Å². The molecule has 1 saturated carbocycles. The van der Waals surface area contributed by atoms with E-state index in [9.17, 15) is 0 Å². The van der Waals surface area contributed by atoms with Crippen LogP contribution in [0.5, 0.6) is 0 Å². The molecule has 1 heterocycles. The van der Waals surface area contributed by atoms with Crippen LogP contribution in [0.1, 0.15) is 45.2 Å². The molecule has 2 rings (SSSR count). The second-order valence-corrected chi connectivity index (χ2v) is 6.07. The predicted molar refractivity (Wildman–Crippen MR) is 74.2 cm³/mol. The molecule has 1 aliphatic rings. The number of aryl methyl sites for hydroxylation is 1. The van der Waals surface area contributed by atoms with Crippen LogP contribution in [0.2, 0.25) is 0 Å². The molecule has 102 valence electrons. The number of hydrogen-bond donors (Lipinski definition) is 1. The minimum absolute atomic E-state index is 0.133. The fourth-order valence-corrected chi connectivity index (χ4v) is 2.71. The molecule has 0 spiro atoms. The van der Waals surface area contributed by atoms with Crippen molar-refractivity contribution in [2.75, 3.05) is 6.54 Å². The van der Waals surface area contributed by atoms with Crippen molar-refractivity contribution < 1.29 is 0 Å². The van der Waals surface area contributed by atoms with Crippen LogP contribution in [0.4, 0.5) is 0 Å². The van der Waals surface area contributed by atoms with E-state index in [4.69, 9.17) is 5.73 Å². The van der Waals surface area contributed by atoms with E-state index in [0.29, 0.717) is 12.0 Å². The second kappa shape index (κ2) is 5.41. The lowest BCUT2D eigenvalue weighted by Crippen LogP contribution is -2.42. The van der Waals surface area contributed by atoms with Gasteiger partial charge in [-0.2, -0.15) is 5.10 Å². The molecule has 4 heteroatoms. The predicted octanol–water partition coefficient (Wildman–Crippen LogP) is 1.93. The molecule has 1 aromatic heterocycles. The van der Waals surface area contributed by atoms with Crippen LogP contribution in [0.3, 0.4) is 0 Å². The molecular formula is C14H26N4. The first kappa shape index (κ1) is 13.6. The van der Waals surface area contributed by atoms with Crippen LogP contribution in [0, 0.1) is 5.92 Å². The minimum Gasteiger partial charge on any atom is -0.326 e. The lowest BCUT2D eigenvalue weighted by atomic mass is 10.0. The van der Waals surface area contributed by atoms with Gasteiger partial charge in [-0.15, -0.1) is 0 Å². The Kier molecular flexibility index (Phi) is 4.07. The summed E-state index contributed by atoms with van der Waals surface area (Å²) < 4.78 is 1.87. The highest BCUT2D eigenvalue weighted by atomic mass is 15.3. The summed E-state index contributed by atoms with van der Waals surface area (Å²) >= 11 is 0. The first-order valence-corrected chi connectivity index (χ1v) is 6.99. The van der Waals surface area contributed by atoms with E-state index in [1.54, 1.807) is 0 Å². The Bertz CT molecular complexity index is 379. The molecule has 0 bridgehead atoms. The zero-order valence-electron chi connectivity index (χ0n) is 12.0. The molecule has 1 fully saturated rings. The summed E-state index contributed by atoms with van der Waals surface area (Å²) in [6.45, 7) is 7.77. The van der Waals surface area contributed by atoms with E-state index in [1.165, 1.54) is 18.4 Å². The molecule has 1 aliphatic carbocycles. The summed E-state index contributed by atoms with van der Waals surface area (Å²) in [4.78, 5) is 2.59. The molecular weight excluding hydrogens is 224 g/mol. The first-order valence-electron chi connectivity index (χ1n) is 6.99. The minimum atomic E-state index is 0.133. The van der Waals surface area contributed by atoms with Crippen molar-refractivity contribution in [1.29, 1.82) is 0 Å². The van der Waals surface area contributed by atoms with Gasteiger partial charge in [0.25, 0.3) is 0 Å². The van der Waals surface area contributed by atoms with Gasteiger partial charge in [-0.05, 0) is 25.7 Å². The van der Waals surface area contributed by atoms with Crippen molar-refractivity contribution in [2.45, 2.75) is 51.7 Å². The van der Waals surface area contributed by atoms with E-state index in [2.05, 4.69) is 37.0 Å². The van der Waals surface area contributed by atoms with Crippen molar-refractivity contribution >= 4 is 0 Å². The van der Waals surface area contributed by atoms with Gasteiger partial charge in [0, 0.05) is 37.4 Å². The number of nitrogens with zero attached hydrogens (tertiary/aromatic N) is 3. The molecule has 0 amide bonds. The molecule has 0 aromatic carbocycles. The molecule has 2 N–H and O–H groups in total. The third kappa shape index (κ3) is 3.12. The van der Waals surface area contributed by atoms with Crippen molar-refractivity contribution in [2.24, 2.45) is 18.7 Å². The van der Waals surface area contributed by atoms with Gasteiger partial charge in [0.1, 0.15) is 0 Å². The van der Waals surface area contributed by atoms with Gasteiger partial charge < -0.3 is 5.73 Å². The number of rotatable bonds is 6. The maximum atomic E-state index is 6.24. The standard InChI is InChI=1S/C14H26N4/c1-10(2)8-18(13-5-6-13)14(11(3)15)12-7-16-17(4)9-12/h7,9-11,13-14H,5-6,8,15H2,1-4H3. The van der Waals surface area contributed by atoms with E-state index in [-0.39, 0.29) is 6.04 Å². The van der Waals surface area contributed by atoms with Gasteiger partial charge in [-0.3, -0.25) is 9.58 Å². The summed E-state index contributed by atoms with van der Waals surface area (Å²) in [7, 11) is 1.96. The van der Waals surface area contributed by atoms with Crippen LogP contribution in [0.15, 0.2) is 12.4 Å². The number of hydrogen-bond acceptors (Lipinski definition) is 3. The molecule has 4 nitrogen and oxygen atoms in total. The largest absolute Gasteiger partial charge is 0.326 e. The van der Waals surface area contributed by atoms with E-state index in [1.807, 2.05) is 17.9 Å². The summed E-state index contributed by atoms with van der Waals surface area (Å²) in [6, 6.07) is 1.16. The SMILES string of the molecule is CC(C)CN(C1CC1)C(c1cnn(C)c1)C(C)N. The molecule has 0 radical (unpaired) electrons. The molecule has 2 unspecified atom stereocenters. The summed E-state index contributed by atoms with van der Waals surface area (Å²) in [5.74, 6) is 0.670. The molecule has 18 heavy (non-hydrogen) atoms. The third-order valence-electron chi connectivity index (χ3n) is 3.51. The third-order valence-corrected chi connectivity index (χ3v) is 3.51. The molecule has 0 saturated heterocycles. The van der Waals surface area contributed by atoms with Crippen LogP contribution in [-0.4, -0.2) is 33.3 Å².